The quantitative estimate of drug-likeness (QED) is 0.755. The van der Waals surface area contributed by atoms with Crippen molar-refractivity contribution in [3.05, 3.63) is 0 Å². The highest BCUT2D eigenvalue weighted by molar-refractivity contribution is 7.91. The van der Waals surface area contributed by atoms with Crippen LogP contribution in [0.25, 0.3) is 0 Å². The molecular formula is C11H22N2O4S. The zero-order valence-electron chi connectivity index (χ0n) is 11.1. The van der Waals surface area contributed by atoms with Gasteiger partial charge in [-0.2, -0.15) is 0 Å². The van der Waals surface area contributed by atoms with Crippen LogP contribution in [0.3, 0.4) is 0 Å². The van der Waals surface area contributed by atoms with Gasteiger partial charge in [0.05, 0.1) is 11.5 Å². The van der Waals surface area contributed by atoms with Gasteiger partial charge in [-0.15, -0.1) is 0 Å². The molecule has 1 saturated heterocycles. The van der Waals surface area contributed by atoms with Crippen molar-refractivity contribution in [3.8, 4) is 0 Å². The number of alkyl carbamates (subject to hydrolysis) is 1. The number of ether oxygens (including phenoxy) is 1. The van der Waals surface area contributed by atoms with E-state index < -0.39 is 21.5 Å². The molecular weight excluding hydrogens is 256 g/mol. The lowest BCUT2D eigenvalue weighted by atomic mass is 10.00. The first kappa shape index (κ1) is 15.2. The first-order chi connectivity index (χ1) is 8.09. The van der Waals surface area contributed by atoms with Gasteiger partial charge in [0.15, 0.2) is 9.84 Å². The average Bonchev–Trinajstić information content (AvgIpc) is 2.17. The summed E-state index contributed by atoms with van der Waals surface area (Å²) in [6.07, 6.45) is -0.0964. The monoisotopic (exact) mass is 278 g/mol. The Balaban J connectivity index is 2.45. The summed E-state index contributed by atoms with van der Waals surface area (Å²) in [5, 5.41) is 2.57. The summed E-state index contributed by atoms with van der Waals surface area (Å²) in [5.41, 5.74) is 5.29. The maximum absolute atomic E-state index is 11.5. The predicted octanol–water partition coefficient (Wildman–Crippen LogP) is 0.273. The van der Waals surface area contributed by atoms with E-state index >= 15 is 0 Å². The maximum Gasteiger partial charge on any atom is 0.407 e. The molecule has 1 aliphatic rings. The van der Waals surface area contributed by atoms with Crippen molar-refractivity contribution in [2.75, 3.05) is 18.1 Å². The van der Waals surface area contributed by atoms with Gasteiger partial charge in [-0.05, 0) is 27.2 Å². The first-order valence-electron chi connectivity index (χ1n) is 6.02. The molecule has 1 fully saturated rings. The van der Waals surface area contributed by atoms with Gasteiger partial charge in [0.1, 0.15) is 5.60 Å². The molecule has 106 valence electrons. The van der Waals surface area contributed by atoms with E-state index in [-0.39, 0.29) is 30.0 Å². The fourth-order valence-corrected chi connectivity index (χ4v) is 3.64. The number of nitrogens with one attached hydrogen (secondary N) is 1. The van der Waals surface area contributed by atoms with Gasteiger partial charge in [0.2, 0.25) is 0 Å². The number of carbonyl (C=O) groups excluding carboxylic acids is 1. The molecule has 1 heterocycles. The smallest absolute Gasteiger partial charge is 0.407 e. The molecule has 7 heteroatoms. The third-order valence-corrected chi connectivity index (χ3v) is 4.54. The van der Waals surface area contributed by atoms with Crippen LogP contribution in [0.4, 0.5) is 4.79 Å². The Bertz CT molecular complexity index is 400. The predicted molar refractivity (Wildman–Crippen MR) is 69.0 cm³/mol. The Morgan fingerprint density at radius 3 is 2.61 bits per heavy atom. The van der Waals surface area contributed by atoms with Crippen molar-refractivity contribution in [1.29, 1.82) is 0 Å². The van der Waals surface area contributed by atoms with E-state index in [9.17, 15) is 13.2 Å². The van der Waals surface area contributed by atoms with Gasteiger partial charge in [-0.25, -0.2) is 13.2 Å². The van der Waals surface area contributed by atoms with Crippen molar-refractivity contribution in [2.24, 2.45) is 11.7 Å². The van der Waals surface area contributed by atoms with Crippen LogP contribution in [-0.2, 0) is 14.6 Å². The molecule has 18 heavy (non-hydrogen) atoms. The normalized spacial score (nSPS) is 27.6. The van der Waals surface area contributed by atoms with Gasteiger partial charge in [-0.1, -0.05) is 0 Å². The molecule has 1 aliphatic heterocycles. The molecule has 0 spiro atoms. The zero-order chi connectivity index (χ0) is 14.0. The molecule has 1 amide bonds. The third kappa shape index (κ3) is 5.22. The Hall–Kier alpha value is -0.820. The van der Waals surface area contributed by atoms with Crippen LogP contribution in [0.5, 0.6) is 0 Å². The minimum atomic E-state index is -3.02. The first-order valence-corrected chi connectivity index (χ1v) is 7.84. The highest BCUT2D eigenvalue weighted by Crippen LogP contribution is 2.17. The van der Waals surface area contributed by atoms with E-state index in [0.29, 0.717) is 6.42 Å². The van der Waals surface area contributed by atoms with Crippen LogP contribution >= 0.6 is 0 Å². The molecule has 0 radical (unpaired) electrons. The SMILES string of the molecule is CC(C)(C)OC(=O)NC[C@@H]1CS(=O)(=O)CC[C@@H]1N. The van der Waals surface area contributed by atoms with Crippen LogP contribution in [-0.4, -0.2) is 44.2 Å². The van der Waals surface area contributed by atoms with E-state index in [1.165, 1.54) is 0 Å². The second-order valence-corrected chi connectivity index (χ2v) is 7.94. The third-order valence-electron chi connectivity index (χ3n) is 2.74. The lowest BCUT2D eigenvalue weighted by molar-refractivity contribution is 0.0518. The van der Waals surface area contributed by atoms with Gasteiger partial charge < -0.3 is 15.8 Å². The van der Waals surface area contributed by atoms with E-state index in [1.807, 2.05) is 0 Å². The minimum Gasteiger partial charge on any atom is -0.444 e. The summed E-state index contributed by atoms with van der Waals surface area (Å²) in [4.78, 5) is 11.4. The van der Waals surface area contributed by atoms with Gasteiger partial charge >= 0.3 is 6.09 Å². The molecule has 1 rings (SSSR count). The van der Waals surface area contributed by atoms with Crippen LogP contribution < -0.4 is 11.1 Å². The summed E-state index contributed by atoms with van der Waals surface area (Å²) >= 11 is 0. The lowest BCUT2D eigenvalue weighted by Crippen LogP contribution is -2.47. The number of amides is 1. The van der Waals surface area contributed by atoms with Crippen molar-refractivity contribution < 1.29 is 17.9 Å². The van der Waals surface area contributed by atoms with Crippen molar-refractivity contribution in [3.63, 3.8) is 0 Å². The second kappa shape index (κ2) is 5.44. The van der Waals surface area contributed by atoms with Crippen LogP contribution in [0.15, 0.2) is 0 Å². The molecule has 0 bridgehead atoms. The van der Waals surface area contributed by atoms with E-state index in [0.717, 1.165) is 0 Å². The standard InChI is InChI=1S/C11H22N2O4S/c1-11(2,3)17-10(14)13-6-8-7-18(15,16)5-4-9(8)12/h8-9H,4-7,12H2,1-3H3,(H,13,14)/t8-,9+/m1/s1. The van der Waals surface area contributed by atoms with Crippen molar-refractivity contribution in [1.82, 2.24) is 5.32 Å². The Morgan fingerprint density at radius 1 is 1.44 bits per heavy atom. The summed E-state index contributed by atoms with van der Waals surface area (Å²) in [5.74, 6) is -0.0718. The fourth-order valence-electron chi connectivity index (χ4n) is 1.82. The Labute approximate surface area is 108 Å². The van der Waals surface area contributed by atoms with Crippen LogP contribution in [0, 0.1) is 5.92 Å². The minimum absolute atomic E-state index is 0.0317. The van der Waals surface area contributed by atoms with Gasteiger partial charge in [-0.3, -0.25) is 0 Å². The topological polar surface area (TPSA) is 98.5 Å². The molecule has 0 aromatic rings. The highest BCUT2D eigenvalue weighted by atomic mass is 32.2. The van der Waals surface area contributed by atoms with E-state index in [1.54, 1.807) is 20.8 Å². The number of hydrogen-bond acceptors (Lipinski definition) is 5. The number of nitrogens with two attached hydrogens (primary N) is 1. The summed E-state index contributed by atoms with van der Waals surface area (Å²) in [6.45, 7) is 5.53. The molecule has 0 aromatic carbocycles. The molecule has 0 aliphatic carbocycles. The molecule has 0 aromatic heterocycles. The van der Waals surface area contributed by atoms with Gasteiger partial charge in [0, 0.05) is 18.5 Å². The molecule has 6 nitrogen and oxygen atoms in total. The highest BCUT2D eigenvalue weighted by Gasteiger charge is 2.31. The zero-order valence-corrected chi connectivity index (χ0v) is 11.9. The van der Waals surface area contributed by atoms with Crippen LogP contribution in [0.2, 0.25) is 0 Å². The number of hydrogen-bond donors (Lipinski definition) is 2. The van der Waals surface area contributed by atoms with Crippen molar-refractivity contribution in [2.45, 2.75) is 38.8 Å². The summed E-state index contributed by atoms with van der Waals surface area (Å²) in [7, 11) is -3.02. The Kier molecular flexibility index (Phi) is 4.61. The van der Waals surface area contributed by atoms with Crippen molar-refractivity contribution >= 4 is 15.9 Å². The average molecular weight is 278 g/mol. The summed E-state index contributed by atoms with van der Waals surface area (Å²) < 4.78 is 28.0. The fraction of sp³-hybridized carbons (Fsp3) is 0.909. The number of carbonyl (C=O) groups is 1. The largest absolute Gasteiger partial charge is 0.444 e. The Morgan fingerprint density at radius 2 is 2.06 bits per heavy atom. The maximum atomic E-state index is 11.5. The van der Waals surface area contributed by atoms with Gasteiger partial charge in [0.25, 0.3) is 0 Å². The molecule has 2 atom stereocenters. The molecule has 3 N–H and O–H groups in total. The number of sulfone groups is 1. The second-order valence-electron chi connectivity index (χ2n) is 5.71. The van der Waals surface area contributed by atoms with E-state index in [2.05, 4.69) is 5.32 Å². The lowest BCUT2D eigenvalue weighted by Gasteiger charge is -2.29. The van der Waals surface area contributed by atoms with E-state index in [4.69, 9.17) is 10.5 Å². The van der Waals surface area contributed by atoms with Crippen LogP contribution in [0.1, 0.15) is 27.2 Å². The molecule has 0 unspecified atom stereocenters. The number of rotatable bonds is 2. The summed E-state index contributed by atoms with van der Waals surface area (Å²) in [6, 6.07) is -0.191. The molecule has 0 saturated carbocycles.